The van der Waals surface area contributed by atoms with Gasteiger partial charge in [0.25, 0.3) is 5.56 Å². The summed E-state index contributed by atoms with van der Waals surface area (Å²) in [7, 11) is 1.41. The summed E-state index contributed by atoms with van der Waals surface area (Å²) in [6, 6.07) is 8.32. The van der Waals surface area contributed by atoms with Crippen LogP contribution in [0.1, 0.15) is 38.1 Å². The second-order valence-corrected chi connectivity index (χ2v) is 8.62. The molecular formula is C22H21BrClN3O5. The monoisotopic (exact) mass is 521 g/mol. The molecule has 0 saturated carbocycles. The topological polar surface area (TPSA) is 103 Å². The van der Waals surface area contributed by atoms with Crippen molar-refractivity contribution in [3.05, 3.63) is 61.6 Å². The third kappa shape index (κ3) is 4.94. The Hall–Kier alpha value is -2.91. The Morgan fingerprint density at radius 2 is 2.00 bits per heavy atom. The first-order valence-corrected chi connectivity index (χ1v) is 10.8. The number of ether oxygens (including phenoxy) is 2. The summed E-state index contributed by atoms with van der Waals surface area (Å²) in [6.07, 6.45) is 0.225. The molecule has 0 aliphatic carbocycles. The molecule has 0 fully saturated rings. The average molecular weight is 523 g/mol. The highest BCUT2D eigenvalue weighted by molar-refractivity contribution is 9.10. The first-order valence-electron chi connectivity index (χ1n) is 9.66. The number of carbonyl (C=O) groups is 1. The molecule has 1 heterocycles. The normalized spacial score (nSPS) is 12.5. The molecule has 3 aromatic rings. The van der Waals surface area contributed by atoms with E-state index in [1.807, 2.05) is 19.9 Å². The molecule has 1 atom stereocenters. The number of hydrogen-bond acceptors (Lipinski definition) is 6. The number of carboxylic acids is 1. The fraction of sp³-hybridized carbons (Fsp3) is 0.273. The van der Waals surface area contributed by atoms with Gasteiger partial charge in [-0.15, -0.1) is 0 Å². The van der Waals surface area contributed by atoms with Gasteiger partial charge < -0.3 is 14.6 Å². The Bertz CT molecular complexity index is 1270. The van der Waals surface area contributed by atoms with Crippen molar-refractivity contribution in [1.82, 2.24) is 9.66 Å². The highest BCUT2D eigenvalue weighted by Crippen LogP contribution is 2.34. The van der Waals surface area contributed by atoms with Crippen LogP contribution in [-0.2, 0) is 4.79 Å². The van der Waals surface area contributed by atoms with E-state index in [1.54, 1.807) is 18.2 Å². The van der Waals surface area contributed by atoms with E-state index >= 15 is 0 Å². The highest BCUT2D eigenvalue weighted by atomic mass is 79.9. The Balaban J connectivity index is 2.20. The molecule has 0 bridgehead atoms. The van der Waals surface area contributed by atoms with E-state index in [4.69, 9.17) is 21.1 Å². The SMILES string of the molecule is COc1cc(Cl)cc(C=Nn2c(C(C)C)nc3ccc(Br)cc3c2=O)c1O[C@H](C)C(=O)O. The summed E-state index contributed by atoms with van der Waals surface area (Å²) in [6.45, 7) is 5.21. The summed E-state index contributed by atoms with van der Waals surface area (Å²) in [5.41, 5.74) is 0.571. The zero-order valence-electron chi connectivity index (χ0n) is 17.8. The lowest BCUT2D eigenvalue weighted by Gasteiger charge is -2.17. The van der Waals surface area contributed by atoms with Gasteiger partial charge in [-0.1, -0.05) is 41.4 Å². The Labute approximate surface area is 197 Å². The molecule has 10 heteroatoms. The van der Waals surface area contributed by atoms with Crippen LogP contribution in [0.3, 0.4) is 0 Å². The zero-order valence-corrected chi connectivity index (χ0v) is 20.1. The fourth-order valence-corrected chi connectivity index (χ4v) is 3.54. The maximum atomic E-state index is 13.2. The lowest BCUT2D eigenvalue weighted by atomic mass is 10.2. The molecule has 0 spiro atoms. The molecule has 0 unspecified atom stereocenters. The third-order valence-corrected chi connectivity index (χ3v) is 5.28. The minimum atomic E-state index is -1.15. The first-order chi connectivity index (χ1) is 15.1. The van der Waals surface area contributed by atoms with Crippen LogP contribution < -0.4 is 15.0 Å². The van der Waals surface area contributed by atoms with Crippen molar-refractivity contribution in [3.8, 4) is 11.5 Å². The van der Waals surface area contributed by atoms with Gasteiger partial charge >= 0.3 is 5.97 Å². The van der Waals surface area contributed by atoms with Crippen molar-refractivity contribution in [2.24, 2.45) is 5.10 Å². The molecule has 0 radical (unpaired) electrons. The van der Waals surface area contributed by atoms with Gasteiger partial charge in [-0.3, -0.25) is 4.79 Å². The Kier molecular flexibility index (Phi) is 7.20. The first kappa shape index (κ1) is 23.7. The van der Waals surface area contributed by atoms with Crippen LogP contribution in [0, 0.1) is 0 Å². The van der Waals surface area contributed by atoms with E-state index in [2.05, 4.69) is 26.0 Å². The van der Waals surface area contributed by atoms with Gasteiger partial charge in [0.2, 0.25) is 0 Å². The van der Waals surface area contributed by atoms with E-state index in [9.17, 15) is 14.7 Å². The highest BCUT2D eigenvalue weighted by Gasteiger charge is 2.20. The number of aromatic nitrogens is 2. The molecule has 8 nitrogen and oxygen atoms in total. The van der Waals surface area contributed by atoms with Gasteiger partial charge in [0.05, 0.1) is 24.2 Å². The molecule has 168 valence electrons. The van der Waals surface area contributed by atoms with Gasteiger partial charge in [0.1, 0.15) is 5.82 Å². The van der Waals surface area contributed by atoms with Crippen LogP contribution in [0.25, 0.3) is 10.9 Å². The summed E-state index contributed by atoms with van der Waals surface area (Å²) in [4.78, 5) is 29.1. The second-order valence-electron chi connectivity index (χ2n) is 7.27. The van der Waals surface area contributed by atoms with Gasteiger partial charge in [0.15, 0.2) is 17.6 Å². The van der Waals surface area contributed by atoms with Crippen LogP contribution in [0.2, 0.25) is 5.02 Å². The smallest absolute Gasteiger partial charge is 0.344 e. The van der Waals surface area contributed by atoms with E-state index in [0.29, 0.717) is 27.3 Å². The van der Waals surface area contributed by atoms with Gasteiger partial charge in [0, 0.05) is 27.0 Å². The number of fused-ring (bicyclic) bond motifs is 1. The molecule has 3 rings (SSSR count). The molecule has 0 aliphatic rings. The average Bonchev–Trinajstić information content (AvgIpc) is 2.74. The number of benzene rings is 2. The molecule has 1 aromatic heterocycles. The summed E-state index contributed by atoms with van der Waals surface area (Å²) in [5.74, 6) is -0.385. The van der Waals surface area contributed by atoms with Gasteiger partial charge in [-0.05, 0) is 31.2 Å². The summed E-state index contributed by atoms with van der Waals surface area (Å²) < 4.78 is 12.9. The van der Waals surface area contributed by atoms with E-state index in [-0.39, 0.29) is 23.0 Å². The van der Waals surface area contributed by atoms with E-state index in [0.717, 1.165) is 4.47 Å². The van der Waals surface area contributed by atoms with Gasteiger partial charge in [-0.25, -0.2) is 9.78 Å². The summed E-state index contributed by atoms with van der Waals surface area (Å²) in [5, 5.41) is 14.3. The van der Waals surface area contributed by atoms with Crippen molar-refractivity contribution in [2.45, 2.75) is 32.8 Å². The predicted molar refractivity (Wildman–Crippen MR) is 127 cm³/mol. The predicted octanol–water partition coefficient (Wildman–Crippen LogP) is 4.68. The lowest BCUT2D eigenvalue weighted by molar-refractivity contribution is -0.144. The second kappa shape index (κ2) is 9.70. The standard InChI is InChI=1S/C22H21BrClN3O5/c1-11(2)20-26-17-6-5-14(23)8-16(17)21(28)27(20)25-10-13-7-15(24)9-18(31-4)19(13)32-12(3)22(29)30/h5-12H,1-4H3,(H,29,30)/t12-/m1/s1. The van der Waals surface area contributed by atoms with E-state index < -0.39 is 12.1 Å². The molecule has 2 aromatic carbocycles. The van der Waals surface area contributed by atoms with Crippen molar-refractivity contribution >= 4 is 50.6 Å². The fourth-order valence-electron chi connectivity index (χ4n) is 2.96. The van der Waals surface area contributed by atoms with Crippen LogP contribution in [-0.4, -0.2) is 40.2 Å². The van der Waals surface area contributed by atoms with Gasteiger partial charge in [-0.2, -0.15) is 9.78 Å². The van der Waals surface area contributed by atoms with Crippen LogP contribution in [0.4, 0.5) is 0 Å². The zero-order chi connectivity index (χ0) is 23.6. The van der Waals surface area contributed by atoms with Crippen molar-refractivity contribution in [2.75, 3.05) is 7.11 Å². The number of halogens is 2. The molecular weight excluding hydrogens is 502 g/mol. The summed E-state index contributed by atoms with van der Waals surface area (Å²) >= 11 is 9.57. The van der Waals surface area contributed by atoms with E-state index in [1.165, 1.54) is 31.0 Å². The molecule has 0 amide bonds. The van der Waals surface area contributed by atoms with Crippen LogP contribution in [0.15, 0.2) is 44.7 Å². The molecule has 0 aliphatic heterocycles. The number of hydrogen-bond donors (Lipinski definition) is 1. The third-order valence-electron chi connectivity index (χ3n) is 4.57. The molecule has 32 heavy (non-hydrogen) atoms. The molecule has 1 N–H and O–H groups in total. The number of methoxy groups -OCH3 is 1. The Morgan fingerprint density at radius 3 is 2.62 bits per heavy atom. The number of carboxylic acid groups (broad SMARTS) is 1. The lowest BCUT2D eigenvalue weighted by Crippen LogP contribution is -2.24. The number of aliphatic carboxylic acids is 1. The maximum absolute atomic E-state index is 13.2. The van der Waals surface area contributed by atoms with Crippen molar-refractivity contribution in [3.63, 3.8) is 0 Å². The number of rotatable bonds is 7. The number of nitrogens with zero attached hydrogens (tertiary/aromatic N) is 3. The maximum Gasteiger partial charge on any atom is 0.344 e. The molecule has 0 saturated heterocycles. The quantitative estimate of drug-likeness (QED) is 0.452. The van der Waals surface area contributed by atoms with Crippen molar-refractivity contribution < 1.29 is 19.4 Å². The minimum absolute atomic E-state index is 0.0930. The van der Waals surface area contributed by atoms with Crippen molar-refractivity contribution in [1.29, 1.82) is 0 Å². The largest absolute Gasteiger partial charge is 0.493 e. The Morgan fingerprint density at radius 1 is 1.28 bits per heavy atom. The van der Waals surface area contributed by atoms with Crippen LogP contribution >= 0.6 is 27.5 Å². The van der Waals surface area contributed by atoms with Crippen LogP contribution in [0.5, 0.6) is 11.5 Å². The minimum Gasteiger partial charge on any atom is -0.493 e.